The van der Waals surface area contributed by atoms with Gasteiger partial charge < -0.3 is 25.6 Å². The average Bonchev–Trinajstić information content (AvgIpc) is 3.56. The van der Waals surface area contributed by atoms with Gasteiger partial charge in [-0.1, -0.05) is 38.1 Å². The van der Waals surface area contributed by atoms with E-state index in [-0.39, 0.29) is 29.5 Å². The smallest absolute Gasteiger partial charge is 0.277 e. The number of thiophene rings is 1. The summed E-state index contributed by atoms with van der Waals surface area (Å²) in [5.41, 5.74) is 4.26. The minimum Gasteiger partial charge on any atom is -0.395 e. The Labute approximate surface area is 243 Å². The maximum Gasteiger partial charge on any atom is 0.277 e. The molecule has 4 aromatic rings. The van der Waals surface area contributed by atoms with E-state index in [4.69, 9.17) is 9.51 Å². The van der Waals surface area contributed by atoms with Crippen LogP contribution in [0.5, 0.6) is 0 Å². The Morgan fingerprint density at radius 2 is 2.00 bits per heavy atom. The number of aryl methyl sites for hydroxylation is 2. The van der Waals surface area contributed by atoms with Crippen LogP contribution in [-0.2, 0) is 12.8 Å². The normalized spacial score (nSPS) is 15.9. The third kappa shape index (κ3) is 6.83. The molecule has 1 aliphatic carbocycles. The van der Waals surface area contributed by atoms with E-state index in [0.29, 0.717) is 35.3 Å². The molecule has 10 heteroatoms. The van der Waals surface area contributed by atoms with Gasteiger partial charge in [-0.2, -0.15) is 0 Å². The first-order valence-corrected chi connectivity index (χ1v) is 14.8. The first-order valence-electron chi connectivity index (χ1n) is 14.0. The Morgan fingerprint density at radius 1 is 1.17 bits per heavy atom. The molecule has 0 saturated carbocycles. The van der Waals surface area contributed by atoms with Gasteiger partial charge in [0.05, 0.1) is 17.5 Å². The molecule has 0 radical (unpaired) electrons. The SMILES string of the molecule is Cc1cc(C(=O)Nc2cccc([C@@H](CNCCO)NC(=O)c3cc4cc5c(nc4s3)CC[C@@H](C(C)(C)C)C5)c2)no1. The van der Waals surface area contributed by atoms with E-state index in [9.17, 15) is 14.7 Å². The predicted octanol–water partition coefficient (Wildman–Crippen LogP) is 5.05. The van der Waals surface area contributed by atoms with Gasteiger partial charge in [-0.05, 0) is 72.9 Å². The summed E-state index contributed by atoms with van der Waals surface area (Å²) in [4.78, 5) is 32.5. The number of nitrogens with zero attached hydrogens (tertiary/aromatic N) is 2. The molecule has 2 amide bonds. The minimum absolute atomic E-state index is 0.0173. The molecule has 0 aliphatic heterocycles. The van der Waals surface area contributed by atoms with Crippen molar-refractivity contribution in [3.63, 3.8) is 0 Å². The van der Waals surface area contributed by atoms with E-state index < -0.39 is 6.04 Å². The van der Waals surface area contributed by atoms with E-state index in [2.05, 4.69) is 47.9 Å². The highest BCUT2D eigenvalue weighted by molar-refractivity contribution is 7.20. The van der Waals surface area contributed by atoms with Crippen LogP contribution in [0.25, 0.3) is 10.2 Å². The summed E-state index contributed by atoms with van der Waals surface area (Å²) in [7, 11) is 0. The van der Waals surface area contributed by atoms with Gasteiger partial charge in [-0.15, -0.1) is 11.3 Å². The second-order valence-electron chi connectivity index (χ2n) is 11.8. The molecule has 2 atom stereocenters. The number of rotatable bonds is 9. The van der Waals surface area contributed by atoms with Gasteiger partial charge in [0.2, 0.25) is 0 Å². The van der Waals surface area contributed by atoms with Crippen molar-refractivity contribution in [1.82, 2.24) is 20.8 Å². The summed E-state index contributed by atoms with van der Waals surface area (Å²) in [6.45, 7) is 9.40. The molecule has 4 N–H and O–H groups in total. The lowest BCUT2D eigenvalue weighted by Crippen LogP contribution is -2.36. The molecule has 41 heavy (non-hydrogen) atoms. The minimum atomic E-state index is -0.404. The average molecular weight is 576 g/mol. The maximum absolute atomic E-state index is 13.5. The molecule has 5 rings (SSSR count). The second kappa shape index (κ2) is 12.1. The van der Waals surface area contributed by atoms with Gasteiger partial charge >= 0.3 is 0 Å². The van der Waals surface area contributed by atoms with E-state index >= 15 is 0 Å². The molecule has 0 spiro atoms. The molecule has 1 aromatic carbocycles. The number of benzene rings is 1. The molecule has 216 valence electrons. The van der Waals surface area contributed by atoms with E-state index in [1.807, 2.05) is 24.3 Å². The molecule has 0 unspecified atom stereocenters. The van der Waals surface area contributed by atoms with Gasteiger partial charge in [0.15, 0.2) is 5.69 Å². The van der Waals surface area contributed by atoms with Crippen molar-refractivity contribution in [1.29, 1.82) is 0 Å². The Hall–Kier alpha value is -3.60. The monoisotopic (exact) mass is 575 g/mol. The van der Waals surface area contributed by atoms with E-state index in [1.165, 1.54) is 16.9 Å². The Bertz CT molecular complexity index is 1550. The summed E-state index contributed by atoms with van der Waals surface area (Å²) in [6.07, 6.45) is 3.11. The number of hydrogen-bond donors (Lipinski definition) is 4. The molecule has 9 nitrogen and oxygen atoms in total. The quantitative estimate of drug-likeness (QED) is 0.206. The molecule has 3 heterocycles. The van der Waals surface area contributed by atoms with Crippen molar-refractivity contribution in [2.24, 2.45) is 11.3 Å². The number of aliphatic hydroxyl groups is 1. The second-order valence-corrected chi connectivity index (χ2v) is 12.8. The van der Waals surface area contributed by atoms with Crippen LogP contribution < -0.4 is 16.0 Å². The number of amides is 2. The Morgan fingerprint density at radius 3 is 2.73 bits per heavy atom. The number of fused-ring (bicyclic) bond motifs is 2. The van der Waals surface area contributed by atoms with Crippen molar-refractivity contribution < 1.29 is 19.2 Å². The number of carbonyl (C=O) groups is 2. The highest BCUT2D eigenvalue weighted by Gasteiger charge is 2.30. The van der Waals surface area contributed by atoms with Crippen LogP contribution in [-0.4, -0.2) is 46.8 Å². The van der Waals surface area contributed by atoms with E-state index in [0.717, 1.165) is 40.7 Å². The summed E-state index contributed by atoms with van der Waals surface area (Å²) in [5.74, 6) is 0.588. The number of anilines is 1. The third-order valence-electron chi connectivity index (χ3n) is 7.67. The fourth-order valence-corrected chi connectivity index (χ4v) is 6.22. The molecule has 0 bridgehead atoms. The number of nitrogens with one attached hydrogen (secondary N) is 3. The van der Waals surface area contributed by atoms with Crippen molar-refractivity contribution in [2.75, 3.05) is 25.0 Å². The first-order chi connectivity index (χ1) is 19.6. The van der Waals surface area contributed by atoms with Crippen LogP contribution >= 0.6 is 11.3 Å². The lowest BCUT2D eigenvalue weighted by Gasteiger charge is -2.34. The first kappa shape index (κ1) is 28.9. The number of aliphatic hydroxyl groups excluding tert-OH is 1. The molecular weight excluding hydrogens is 538 g/mol. The third-order valence-corrected chi connectivity index (χ3v) is 8.71. The van der Waals surface area contributed by atoms with Crippen molar-refractivity contribution in [2.45, 2.75) is 53.0 Å². The number of pyridine rings is 1. The summed E-state index contributed by atoms with van der Waals surface area (Å²) in [5, 5.41) is 23.2. The Kier molecular flexibility index (Phi) is 8.53. The van der Waals surface area contributed by atoms with Gasteiger partial charge in [0, 0.05) is 35.9 Å². The predicted molar refractivity (Wildman–Crippen MR) is 160 cm³/mol. The zero-order chi connectivity index (χ0) is 29.1. The summed E-state index contributed by atoms with van der Waals surface area (Å²) in [6, 6.07) is 12.6. The van der Waals surface area contributed by atoms with Crippen LogP contribution in [0.1, 0.15) is 76.0 Å². The van der Waals surface area contributed by atoms with Crippen molar-refractivity contribution >= 4 is 39.1 Å². The molecule has 3 aromatic heterocycles. The van der Waals surface area contributed by atoms with Crippen LogP contribution in [0.2, 0.25) is 0 Å². The number of aromatic nitrogens is 2. The number of carbonyl (C=O) groups excluding carboxylic acids is 2. The molecule has 0 fully saturated rings. The lowest BCUT2D eigenvalue weighted by molar-refractivity contribution is 0.0939. The summed E-state index contributed by atoms with van der Waals surface area (Å²) < 4.78 is 5.00. The highest BCUT2D eigenvalue weighted by Crippen LogP contribution is 2.38. The lowest BCUT2D eigenvalue weighted by atomic mass is 9.71. The van der Waals surface area contributed by atoms with Gasteiger partial charge in [0.25, 0.3) is 11.8 Å². The fraction of sp³-hybridized carbons (Fsp3) is 0.419. The van der Waals surface area contributed by atoms with E-state index in [1.54, 1.807) is 19.1 Å². The van der Waals surface area contributed by atoms with Crippen LogP contribution in [0.4, 0.5) is 5.69 Å². The van der Waals surface area contributed by atoms with Crippen LogP contribution in [0, 0.1) is 18.3 Å². The van der Waals surface area contributed by atoms with Gasteiger partial charge in [-0.25, -0.2) is 4.98 Å². The molecule has 1 aliphatic rings. The largest absolute Gasteiger partial charge is 0.395 e. The van der Waals surface area contributed by atoms with Crippen molar-refractivity contribution in [3.05, 3.63) is 75.6 Å². The van der Waals surface area contributed by atoms with Crippen LogP contribution in [0.3, 0.4) is 0 Å². The van der Waals surface area contributed by atoms with Crippen LogP contribution in [0.15, 0.2) is 47.0 Å². The molecular formula is C31H37N5O4S. The Balaban J connectivity index is 1.34. The standard InChI is InChI=1S/C31H37N5O4S/c1-18-12-25(36-40-18)28(38)33-23-7-5-6-19(15-23)26(17-32-10-11-37)34-29(39)27-16-21-13-20-14-22(31(2,3)4)8-9-24(20)35-30(21)41-27/h5-7,12-13,15-16,22,26,32,37H,8-11,14,17H2,1-4H3,(H,33,38)(H,34,39)/t22-,26-/m1/s1. The van der Waals surface area contributed by atoms with Crippen molar-refractivity contribution in [3.8, 4) is 0 Å². The number of hydrogen-bond acceptors (Lipinski definition) is 8. The van der Waals surface area contributed by atoms with Gasteiger partial charge in [-0.3, -0.25) is 9.59 Å². The highest BCUT2D eigenvalue weighted by atomic mass is 32.1. The topological polar surface area (TPSA) is 129 Å². The fourth-order valence-electron chi connectivity index (χ4n) is 5.28. The van der Waals surface area contributed by atoms with Gasteiger partial charge in [0.1, 0.15) is 10.6 Å². The maximum atomic E-state index is 13.5. The summed E-state index contributed by atoms with van der Waals surface area (Å²) >= 11 is 1.40. The molecule has 0 saturated heterocycles. The zero-order valence-electron chi connectivity index (χ0n) is 23.9. The zero-order valence-corrected chi connectivity index (χ0v) is 24.7.